The number of carbonyl (C=O) groups is 2. The van der Waals surface area contributed by atoms with Crippen LogP contribution in [0.2, 0.25) is 0 Å². The third kappa shape index (κ3) is 3.07. The molecule has 0 saturated carbocycles. The average Bonchev–Trinajstić information content (AvgIpc) is 3.04. The summed E-state index contributed by atoms with van der Waals surface area (Å²) in [6.07, 6.45) is -1.41. The highest BCUT2D eigenvalue weighted by Crippen LogP contribution is 2.44. The standard InChI is InChI=1S/C22H21NO6/c24-20(25)19-10-27-13-22(29-19)11-23(12-22)21(26)28-9-18-16-7-3-1-5-14(16)15-6-2-4-8-17(15)18/h1-8,18-19H,9-13H2,(H,24,25). The number of carboxylic acids is 1. The first kappa shape index (κ1) is 18.1. The number of fused-ring (bicyclic) bond motifs is 3. The van der Waals surface area contributed by atoms with Gasteiger partial charge in [0, 0.05) is 5.92 Å². The van der Waals surface area contributed by atoms with E-state index in [1.165, 1.54) is 16.0 Å². The van der Waals surface area contributed by atoms with Crippen molar-refractivity contribution in [3.05, 3.63) is 59.7 Å². The largest absolute Gasteiger partial charge is 0.479 e. The molecule has 2 aromatic carbocycles. The van der Waals surface area contributed by atoms with Crippen LogP contribution in [0, 0.1) is 0 Å². The number of aliphatic carboxylic acids is 1. The Kier molecular flexibility index (Phi) is 4.29. The number of hydrogen-bond acceptors (Lipinski definition) is 5. The monoisotopic (exact) mass is 395 g/mol. The first-order valence-corrected chi connectivity index (χ1v) is 9.65. The lowest BCUT2D eigenvalue weighted by Crippen LogP contribution is -2.70. The second kappa shape index (κ2) is 6.86. The molecule has 0 bridgehead atoms. The summed E-state index contributed by atoms with van der Waals surface area (Å²) in [4.78, 5) is 25.2. The summed E-state index contributed by atoms with van der Waals surface area (Å²) in [6, 6.07) is 16.4. The first-order chi connectivity index (χ1) is 14.1. The van der Waals surface area contributed by atoms with E-state index in [-0.39, 0.29) is 38.8 Å². The Bertz CT molecular complexity index is 922. The van der Waals surface area contributed by atoms with E-state index in [1.54, 1.807) is 0 Å². The summed E-state index contributed by atoms with van der Waals surface area (Å²) in [5.74, 6) is -1.05. The number of rotatable bonds is 3. The first-order valence-electron chi connectivity index (χ1n) is 9.65. The number of likely N-dealkylation sites (tertiary alicyclic amines) is 1. The third-order valence-corrected chi connectivity index (χ3v) is 5.85. The van der Waals surface area contributed by atoms with Crippen molar-refractivity contribution in [3.63, 3.8) is 0 Å². The van der Waals surface area contributed by atoms with Gasteiger partial charge in [-0.05, 0) is 22.3 Å². The Morgan fingerprint density at radius 1 is 1.07 bits per heavy atom. The zero-order valence-corrected chi connectivity index (χ0v) is 15.7. The summed E-state index contributed by atoms with van der Waals surface area (Å²) < 4.78 is 16.6. The molecule has 1 unspecified atom stereocenters. The number of carbonyl (C=O) groups excluding carboxylic acids is 1. The fraction of sp³-hybridized carbons (Fsp3) is 0.364. The molecule has 2 heterocycles. The van der Waals surface area contributed by atoms with Crippen molar-refractivity contribution in [1.82, 2.24) is 4.90 Å². The van der Waals surface area contributed by atoms with Gasteiger partial charge in [0.2, 0.25) is 0 Å². The van der Waals surface area contributed by atoms with Crippen LogP contribution in [0.4, 0.5) is 4.79 Å². The molecule has 29 heavy (non-hydrogen) atoms. The van der Waals surface area contributed by atoms with Crippen LogP contribution in [0.25, 0.3) is 11.1 Å². The van der Waals surface area contributed by atoms with E-state index in [2.05, 4.69) is 24.3 Å². The maximum Gasteiger partial charge on any atom is 0.409 e. The topological polar surface area (TPSA) is 85.3 Å². The molecule has 1 aliphatic carbocycles. The number of hydrogen-bond donors (Lipinski definition) is 1. The molecule has 0 aromatic heterocycles. The molecule has 5 rings (SSSR count). The Balaban J connectivity index is 1.23. The van der Waals surface area contributed by atoms with Gasteiger partial charge in [-0.25, -0.2) is 9.59 Å². The van der Waals surface area contributed by atoms with Crippen molar-refractivity contribution >= 4 is 12.1 Å². The molecular weight excluding hydrogens is 374 g/mol. The van der Waals surface area contributed by atoms with Crippen molar-refractivity contribution in [2.75, 3.05) is 32.9 Å². The highest BCUT2D eigenvalue weighted by molar-refractivity contribution is 5.79. The molecule has 2 aliphatic heterocycles. The molecular formula is C22H21NO6. The van der Waals surface area contributed by atoms with Crippen LogP contribution in [-0.2, 0) is 19.0 Å². The molecule has 1 atom stereocenters. The summed E-state index contributed by atoms with van der Waals surface area (Å²) >= 11 is 0. The predicted octanol–water partition coefficient (Wildman–Crippen LogP) is 2.49. The summed E-state index contributed by atoms with van der Waals surface area (Å²) in [7, 11) is 0. The molecule has 150 valence electrons. The summed E-state index contributed by atoms with van der Waals surface area (Å²) in [5.41, 5.74) is 3.94. The quantitative estimate of drug-likeness (QED) is 0.860. The highest BCUT2D eigenvalue weighted by Gasteiger charge is 2.52. The van der Waals surface area contributed by atoms with Gasteiger partial charge < -0.3 is 24.2 Å². The minimum Gasteiger partial charge on any atom is -0.479 e. The van der Waals surface area contributed by atoms with Gasteiger partial charge in [0.05, 0.1) is 26.3 Å². The van der Waals surface area contributed by atoms with Gasteiger partial charge in [-0.15, -0.1) is 0 Å². The van der Waals surface area contributed by atoms with Crippen molar-refractivity contribution < 1.29 is 28.9 Å². The molecule has 1 spiro atoms. The van der Waals surface area contributed by atoms with Crippen LogP contribution in [0.3, 0.4) is 0 Å². The van der Waals surface area contributed by atoms with E-state index in [0.29, 0.717) is 0 Å². The van der Waals surface area contributed by atoms with Crippen molar-refractivity contribution in [2.24, 2.45) is 0 Å². The molecule has 2 saturated heterocycles. The van der Waals surface area contributed by atoms with Crippen molar-refractivity contribution in [3.8, 4) is 11.1 Å². The van der Waals surface area contributed by atoms with Gasteiger partial charge >= 0.3 is 12.1 Å². The van der Waals surface area contributed by atoms with E-state index in [4.69, 9.17) is 19.3 Å². The zero-order chi connectivity index (χ0) is 20.0. The van der Waals surface area contributed by atoms with E-state index in [0.717, 1.165) is 11.1 Å². The number of ether oxygens (including phenoxy) is 3. The number of nitrogens with zero attached hydrogens (tertiary/aromatic N) is 1. The molecule has 1 N–H and O–H groups in total. The van der Waals surface area contributed by atoms with Gasteiger partial charge in [-0.2, -0.15) is 0 Å². The fourth-order valence-corrected chi connectivity index (χ4v) is 4.47. The van der Waals surface area contributed by atoms with Crippen LogP contribution < -0.4 is 0 Å². The molecule has 2 aromatic rings. The van der Waals surface area contributed by atoms with E-state index in [9.17, 15) is 9.59 Å². The van der Waals surface area contributed by atoms with Crippen molar-refractivity contribution in [1.29, 1.82) is 0 Å². The van der Waals surface area contributed by atoms with Crippen LogP contribution >= 0.6 is 0 Å². The van der Waals surface area contributed by atoms with Crippen LogP contribution in [0.15, 0.2) is 48.5 Å². The fourth-order valence-electron chi connectivity index (χ4n) is 4.47. The molecule has 7 nitrogen and oxygen atoms in total. The normalized spacial score (nSPS) is 21.9. The molecule has 0 radical (unpaired) electrons. The Hall–Kier alpha value is -2.90. The van der Waals surface area contributed by atoms with E-state index in [1.807, 2.05) is 24.3 Å². The lowest BCUT2D eigenvalue weighted by molar-refractivity contribution is -0.244. The maximum absolute atomic E-state index is 12.5. The Labute approximate surface area is 167 Å². The lowest BCUT2D eigenvalue weighted by Gasteiger charge is -2.51. The average molecular weight is 395 g/mol. The van der Waals surface area contributed by atoms with E-state index >= 15 is 0 Å². The number of carboxylic acid groups (broad SMARTS) is 1. The second-order valence-corrected chi connectivity index (χ2v) is 7.80. The Morgan fingerprint density at radius 2 is 1.69 bits per heavy atom. The van der Waals surface area contributed by atoms with Gasteiger partial charge in [0.1, 0.15) is 12.2 Å². The van der Waals surface area contributed by atoms with Gasteiger partial charge in [-0.3, -0.25) is 0 Å². The summed E-state index contributed by atoms with van der Waals surface area (Å²) in [5, 5.41) is 9.12. The van der Waals surface area contributed by atoms with Crippen LogP contribution in [-0.4, -0.2) is 66.7 Å². The van der Waals surface area contributed by atoms with Gasteiger partial charge in [-0.1, -0.05) is 48.5 Å². The highest BCUT2D eigenvalue weighted by atomic mass is 16.6. The third-order valence-electron chi connectivity index (χ3n) is 5.85. The summed E-state index contributed by atoms with van der Waals surface area (Å²) in [6.45, 7) is 1.11. The zero-order valence-electron chi connectivity index (χ0n) is 15.7. The molecule has 3 aliphatic rings. The number of benzene rings is 2. The van der Waals surface area contributed by atoms with Crippen molar-refractivity contribution in [2.45, 2.75) is 17.6 Å². The van der Waals surface area contributed by atoms with Gasteiger partial charge in [0.15, 0.2) is 6.10 Å². The minimum atomic E-state index is -1.05. The molecule has 7 heteroatoms. The SMILES string of the molecule is O=C(O)C1COCC2(CN(C(=O)OCC3c4ccccc4-c4ccccc43)C2)O1. The predicted molar refractivity (Wildman–Crippen MR) is 103 cm³/mol. The van der Waals surface area contributed by atoms with E-state index < -0.39 is 23.8 Å². The minimum absolute atomic E-state index is 0.00671. The Morgan fingerprint density at radius 3 is 2.31 bits per heavy atom. The van der Waals surface area contributed by atoms with Crippen LogP contribution in [0.1, 0.15) is 17.0 Å². The molecule has 2 fully saturated rings. The number of amides is 1. The maximum atomic E-state index is 12.5. The smallest absolute Gasteiger partial charge is 0.409 e. The lowest BCUT2D eigenvalue weighted by atomic mass is 9.94. The van der Waals surface area contributed by atoms with Gasteiger partial charge in [0.25, 0.3) is 0 Å². The molecule has 1 amide bonds. The second-order valence-electron chi connectivity index (χ2n) is 7.80. The van der Waals surface area contributed by atoms with Crippen LogP contribution in [0.5, 0.6) is 0 Å².